The van der Waals surface area contributed by atoms with E-state index in [2.05, 4.69) is 60.3 Å². The smallest absolute Gasteiger partial charge is 0.115 e. The average Bonchev–Trinajstić information content (AvgIpc) is 2.47. The number of rotatable bonds is 6. The van der Waals surface area contributed by atoms with Crippen LogP contribution in [0.3, 0.4) is 0 Å². The van der Waals surface area contributed by atoms with Gasteiger partial charge in [-0.25, -0.2) is 4.98 Å². The maximum Gasteiger partial charge on any atom is 0.115 e. The monoisotopic (exact) mass is 287 g/mol. The first-order valence-electron chi connectivity index (χ1n) is 6.93. The Kier molecular flexibility index (Phi) is 5.56. The normalized spacial score (nSPS) is 13.9. The van der Waals surface area contributed by atoms with Crippen molar-refractivity contribution in [3.63, 3.8) is 0 Å². The van der Waals surface area contributed by atoms with E-state index >= 15 is 0 Å². The van der Waals surface area contributed by atoms with E-state index in [0.717, 1.165) is 11.6 Å². The number of thioether (sulfide) groups is 1. The van der Waals surface area contributed by atoms with Gasteiger partial charge in [0.15, 0.2) is 0 Å². The van der Waals surface area contributed by atoms with Crippen molar-refractivity contribution in [1.82, 2.24) is 15.3 Å². The molecule has 0 aliphatic rings. The Hall–Kier alpha value is -1.39. The summed E-state index contributed by atoms with van der Waals surface area (Å²) < 4.78 is 0. The molecule has 0 aliphatic heterocycles. The summed E-state index contributed by atoms with van der Waals surface area (Å²) >= 11 is 1.75. The zero-order chi connectivity index (χ0) is 14.4. The van der Waals surface area contributed by atoms with Gasteiger partial charge in [-0.3, -0.25) is 4.98 Å². The van der Waals surface area contributed by atoms with Crippen molar-refractivity contribution in [2.75, 3.05) is 6.54 Å². The maximum absolute atomic E-state index is 4.34. The van der Waals surface area contributed by atoms with Gasteiger partial charge in [0.25, 0.3) is 0 Å². The molecule has 2 unspecified atom stereocenters. The summed E-state index contributed by atoms with van der Waals surface area (Å²) in [7, 11) is 0. The second-order valence-electron chi connectivity index (χ2n) is 4.81. The van der Waals surface area contributed by atoms with Crippen LogP contribution in [0.5, 0.6) is 0 Å². The van der Waals surface area contributed by atoms with Crippen LogP contribution in [0.25, 0.3) is 0 Å². The van der Waals surface area contributed by atoms with Crippen LogP contribution in [0.4, 0.5) is 0 Å². The molecule has 1 N–H and O–H groups in total. The topological polar surface area (TPSA) is 37.8 Å². The van der Waals surface area contributed by atoms with Gasteiger partial charge >= 0.3 is 0 Å². The Labute approximate surface area is 125 Å². The van der Waals surface area contributed by atoms with Crippen LogP contribution >= 0.6 is 11.8 Å². The van der Waals surface area contributed by atoms with E-state index in [1.165, 1.54) is 11.1 Å². The van der Waals surface area contributed by atoms with E-state index in [4.69, 9.17) is 0 Å². The second kappa shape index (κ2) is 7.41. The van der Waals surface area contributed by atoms with Crippen LogP contribution in [0.1, 0.15) is 31.0 Å². The van der Waals surface area contributed by atoms with Gasteiger partial charge in [-0.2, -0.15) is 0 Å². The molecule has 0 spiro atoms. The molecule has 0 saturated heterocycles. The van der Waals surface area contributed by atoms with Crippen molar-refractivity contribution in [1.29, 1.82) is 0 Å². The van der Waals surface area contributed by atoms with Crippen molar-refractivity contribution < 1.29 is 0 Å². The molecule has 106 valence electrons. The quantitative estimate of drug-likeness (QED) is 0.824. The molecule has 0 radical (unpaired) electrons. The van der Waals surface area contributed by atoms with Gasteiger partial charge < -0.3 is 5.32 Å². The molecule has 2 rings (SSSR count). The SMILES string of the molecule is CCNC(c1ccc(C)cc1)C(C)Sc1cnccn1. The lowest BCUT2D eigenvalue weighted by Crippen LogP contribution is -2.28. The van der Waals surface area contributed by atoms with Crippen LogP contribution in [-0.4, -0.2) is 21.8 Å². The van der Waals surface area contributed by atoms with E-state index in [1.807, 2.05) is 6.20 Å². The molecule has 0 aliphatic carbocycles. The summed E-state index contributed by atoms with van der Waals surface area (Å²) in [6, 6.07) is 9.05. The number of benzene rings is 1. The van der Waals surface area contributed by atoms with Gasteiger partial charge in [0.05, 0.1) is 6.20 Å². The van der Waals surface area contributed by atoms with Crippen LogP contribution in [0.2, 0.25) is 0 Å². The van der Waals surface area contributed by atoms with Gasteiger partial charge in [0.1, 0.15) is 5.03 Å². The standard InChI is InChI=1S/C16H21N3S/c1-4-18-16(14-7-5-12(2)6-8-14)13(3)20-15-11-17-9-10-19-15/h5-11,13,16,18H,4H2,1-3H3. The van der Waals surface area contributed by atoms with Crippen molar-refractivity contribution in [2.45, 2.75) is 37.1 Å². The summed E-state index contributed by atoms with van der Waals surface area (Å²) in [5.74, 6) is 0. The van der Waals surface area contributed by atoms with E-state index in [-0.39, 0.29) is 0 Å². The fourth-order valence-electron chi connectivity index (χ4n) is 2.15. The molecule has 1 aromatic carbocycles. The van der Waals surface area contributed by atoms with Gasteiger partial charge in [0, 0.05) is 23.7 Å². The predicted molar refractivity (Wildman–Crippen MR) is 84.9 cm³/mol. The van der Waals surface area contributed by atoms with Crippen molar-refractivity contribution in [3.8, 4) is 0 Å². The molecule has 0 fully saturated rings. The number of hydrogen-bond donors (Lipinski definition) is 1. The molecule has 2 atom stereocenters. The Morgan fingerprint density at radius 1 is 1.20 bits per heavy atom. The summed E-state index contributed by atoms with van der Waals surface area (Å²) in [4.78, 5) is 8.47. The zero-order valence-electron chi connectivity index (χ0n) is 12.2. The van der Waals surface area contributed by atoms with Crippen LogP contribution in [0, 0.1) is 6.92 Å². The lowest BCUT2D eigenvalue weighted by atomic mass is 10.0. The Bertz CT molecular complexity index is 513. The third-order valence-corrected chi connectivity index (χ3v) is 4.27. The average molecular weight is 287 g/mol. The van der Waals surface area contributed by atoms with Crippen LogP contribution < -0.4 is 5.32 Å². The molecule has 4 heteroatoms. The fourth-order valence-corrected chi connectivity index (χ4v) is 3.17. The maximum atomic E-state index is 4.34. The lowest BCUT2D eigenvalue weighted by molar-refractivity contribution is 0.547. The number of aryl methyl sites for hydroxylation is 1. The largest absolute Gasteiger partial charge is 0.309 e. The Balaban J connectivity index is 2.13. The number of hydrogen-bond acceptors (Lipinski definition) is 4. The number of nitrogens with zero attached hydrogens (tertiary/aromatic N) is 2. The third kappa shape index (κ3) is 4.05. The van der Waals surface area contributed by atoms with Gasteiger partial charge in [0.2, 0.25) is 0 Å². The molecule has 0 bridgehead atoms. The summed E-state index contributed by atoms with van der Waals surface area (Å²) in [6.07, 6.45) is 5.26. The van der Waals surface area contributed by atoms with Crippen molar-refractivity contribution in [3.05, 3.63) is 54.0 Å². The third-order valence-electron chi connectivity index (χ3n) is 3.18. The van der Waals surface area contributed by atoms with E-state index < -0.39 is 0 Å². The molecule has 1 heterocycles. The number of nitrogens with one attached hydrogen (secondary N) is 1. The zero-order valence-corrected chi connectivity index (χ0v) is 13.0. The first kappa shape index (κ1) is 15.0. The highest BCUT2D eigenvalue weighted by Gasteiger charge is 2.19. The minimum Gasteiger partial charge on any atom is -0.309 e. The predicted octanol–water partition coefficient (Wildman–Crippen LogP) is 3.62. The summed E-state index contributed by atoms with van der Waals surface area (Å²) in [5.41, 5.74) is 2.61. The molecule has 20 heavy (non-hydrogen) atoms. The van der Waals surface area contributed by atoms with Gasteiger partial charge in [-0.1, -0.05) is 55.4 Å². The van der Waals surface area contributed by atoms with Crippen LogP contribution in [0.15, 0.2) is 47.9 Å². The van der Waals surface area contributed by atoms with Crippen molar-refractivity contribution >= 4 is 11.8 Å². The first-order valence-corrected chi connectivity index (χ1v) is 7.81. The molecule has 3 nitrogen and oxygen atoms in total. The highest BCUT2D eigenvalue weighted by Crippen LogP contribution is 2.30. The van der Waals surface area contributed by atoms with E-state index in [9.17, 15) is 0 Å². The molecular formula is C16H21N3S. The van der Waals surface area contributed by atoms with E-state index in [0.29, 0.717) is 11.3 Å². The highest BCUT2D eigenvalue weighted by atomic mass is 32.2. The Morgan fingerprint density at radius 2 is 1.95 bits per heavy atom. The fraction of sp³-hybridized carbons (Fsp3) is 0.375. The second-order valence-corrected chi connectivity index (χ2v) is 6.21. The Morgan fingerprint density at radius 3 is 2.55 bits per heavy atom. The minimum atomic E-state index is 0.313. The molecule has 0 amide bonds. The molecule has 2 aromatic rings. The number of aromatic nitrogens is 2. The minimum absolute atomic E-state index is 0.313. The van der Waals surface area contributed by atoms with Crippen LogP contribution in [-0.2, 0) is 0 Å². The summed E-state index contributed by atoms with van der Waals surface area (Å²) in [6.45, 7) is 7.43. The molecule has 0 saturated carbocycles. The van der Waals surface area contributed by atoms with E-state index in [1.54, 1.807) is 24.2 Å². The van der Waals surface area contributed by atoms with Gasteiger partial charge in [-0.05, 0) is 19.0 Å². The molecular weight excluding hydrogens is 266 g/mol. The van der Waals surface area contributed by atoms with Gasteiger partial charge in [-0.15, -0.1) is 0 Å². The van der Waals surface area contributed by atoms with Crippen molar-refractivity contribution in [2.24, 2.45) is 0 Å². The first-order chi connectivity index (χ1) is 9.70. The highest BCUT2D eigenvalue weighted by molar-refractivity contribution is 7.99. The summed E-state index contributed by atoms with van der Waals surface area (Å²) in [5, 5.41) is 4.92. The molecule has 1 aromatic heterocycles. The lowest BCUT2D eigenvalue weighted by Gasteiger charge is -2.24.